The molecule has 1 aromatic heterocycles. The lowest BCUT2D eigenvalue weighted by molar-refractivity contribution is -0.120. The third-order valence-corrected chi connectivity index (χ3v) is 6.58. The van der Waals surface area contributed by atoms with Crippen molar-refractivity contribution in [2.45, 2.75) is 13.1 Å². The topological polar surface area (TPSA) is 66.8 Å². The van der Waals surface area contributed by atoms with E-state index >= 15 is 0 Å². The number of aromatic nitrogens is 1. The number of hydrogen-bond acceptors (Lipinski definition) is 4. The maximum atomic E-state index is 13.3. The molecule has 8 heteroatoms. The van der Waals surface area contributed by atoms with Gasteiger partial charge in [-0.1, -0.05) is 35.9 Å². The summed E-state index contributed by atoms with van der Waals surface area (Å²) in [5.41, 5.74) is 4.87. The summed E-state index contributed by atoms with van der Waals surface area (Å²) in [6.07, 6.45) is 0. The van der Waals surface area contributed by atoms with Gasteiger partial charge in [0.05, 0.1) is 13.1 Å². The van der Waals surface area contributed by atoms with Gasteiger partial charge in [0.2, 0.25) is 0 Å². The molecule has 0 unspecified atom stereocenters. The van der Waals surface area contributed by atoms with Gasteiger partial charge >= 0.3 is 0 Å². The number of carbonyl (C=O) groups is 2. The summed E-state index contributed by atoms with van der Waals surface area (Å²) in [4.78, 5) is 30.3. The van der Waals surface area contributed by atoms with Crippen molar-refractivity contribution in [1.82, 2.24) is 4.57 Å². The average molecular weight is 515 g/mol. The second-order valence-corrected chi connectivity index (χ2v) is 9.48. The Morgan fingerprint density at radius 3 is 2.51 bits per heavy atom. The van der Waals surface area contributed by atoms with Crippen LogP contribution in [0.25, 0.3) is 0 Å². The molecular formula is C29H27ClN4O3. The van der Waals surface area contributed by atoms with Crippen LogP contribution in [0.15, 0.2) is 84.9 Å². The number of hydrogen-bond donors (Lipinski definition) is 1. The number of para-hydroxylation sites is 1. The molecule has 1 aliphatic rings. The normalized spacial score (nSPS) is 12.2. The Bertz CT molecular complexity index is 1450. The van der Waals surface area contributed by atoms with E-state index in [-0.39, 0.29) is 18.4 Å². The maximum absolute atomic E-state index is 13.3. The summed E-state index contributed by atoms with van der Waals surface area (Å²) in [6, 6.07) is 26.1. The van der Waals surface area contributed by atoms with Crippen molar-refractivity contribution < 1.29 is 14.3 Å². The van der Waals surface area contributed by atoms with E-state index in [1.54, 1.807) is 35.2 Å². The molecule has 5 rings (SSSR count). The van der Waals surface area contributed by atoms with Crippen molar-refractivity contribution in [1.29, 1.82) is 0 Å². The SMILES string of the molecule is CN(C)c1cccc(NC(=O)c2ccc3n2Cc2ccccc2N(C(=O)COc2ccc(Cl)cc2)C3)c1. The summed E-state index contributed by atoms with van der Waals surface area (Å²) < 4.78 is 7.70. The first kappa shape index (κ1) is 24.5. The number of halogens is 1. The number of nitrogens with zero attached hydrogens (tertiary/aromatic N) is 3. The Kier molecular flexibility index (Phi) is 6.88. The molecule has 0 radical (unpaired) electrons. The van der Waals surface area contributed by atoms with Gasteiger partial charge in [0.25, 0.3) is 11.8 Å². The van der Waals surface area contributed by atoms with Crippen LogP contribution in [0.1, 0.15) is 21.7 Å². The highest BCUT2D eigenvalue weighted by atomic mass is 35.5. The molecule has 188 valence electrons. The minimum atomic E-state index is -0.203. The third-order valence-electron chi connectivity index (χ3n) is 6.33. The summed E-state index contributed by atoms with van der Waals surface area (Å²) >= 11 is 5.94. The van der Waals surface area contributed by atoms with Crippen LogP contribution in [0.4, 0.5) is 17.1 Å². The van der Waals surface area contributed by atoms with Crippen LogP contribution in [-0.4, -0.2) is 37.1 Å². The molecule has 37 heavy (non-hydrogen) atoms. The van der Waals surface area contributed by atoms with Gasteiger partial charge < -0.3 is 24.4 Å². The predicted octanol–water partition coefficient (Wildman–Crippen LogP) is 5.43. The van der Waals surface area contributed by atoms with E-state index in [1.807, 2.05) is 78.2 Å². The Balaban J connectivity index is 1.39. The minimum absolute atomic E-state index is 0.119. The zero-order chi connectivity index (χ0) is 25.9. The Hall–Kier alpha value is -4.23. The number of rotatable bonds is 6. The highest BCUT2D eigenvalue weighted by molar-refractivity contribution is 6.30. The van der Waals surface area contributed by atoms with Crippen LogP contribution in [0.5, 0.6) is 5.75 Å². The predicted molar refractivity (Wildman–Crippen MR) is 147 cm³/mol. The summed E-state index contributed by atoms with van der Waals surface area (Å²) in [5, 5.41) is 3.62. The second kappa shape index (κ2) is 10.4. The Morgan fingerprint density at radius 1 is 0.946 bits per heavy atom. The molecular weight excluding hydrogens is 488 g/mol. The van der Waals surface area contributed by atoms with Gasteiger partial charge in [0.15, 0.2) is 6.61 Å². The molecule has 0 aliphatic carbocycles. The van der Waals surface area contributed by atoms with E-state index in [4.69, 9.17) is 16.3 Å². The summed E-state index contributed by atoms with van der Waals surface area (Å²) in [7, 11) is 3.91. The fraction of sp³-hybridized carbons (Fsp3) is 0.172. The lowest BCUT2D eigenvalue weighted by atomic mass is 10.1. The third kappa shape index (κ3) is 5.32. The van der Waals surface area contributed by atoms with Gasteiger partial charge in [-0.3, -0.25) is 9.59 Å². The molecule has 4 aromatic rings. The van der Waals surface area contributed by atoms with E-state index < -0.39 is 0 Å². The lowest BCUT2D eigenvalue weighted by Crippen LogP contribution is -2.34. The monoisotopic (exact) mass is 514 g/mol. The van der Waals surface area contributed by atoms with E-state index in [0.717, 1.165) is 28.3 Å². The Labute approximate surface area is 220 Å². The maximum Gasteiger partial charge on any atom is 0.272 e. The highest BCUT2D eigenvalue weighted by Crippen LogP contribution is 2.30. The second-order valence-electron chi connectivity index (χ2n) is 9.05. The Morgan fingerprint density at radius 2 is 1.73 bits per heavy atom. The van der Waals surface area contributed by atoms with Crippen LogP contribution in [0.3, 0.4) is 0 Å². The molecule has 0 atom stereocenters. The highest BCUT2D eigenvalue weighted by Gasteiger charge is 2.27. The number of amides is 2. The first-order valence-electron chi connectivity index (χ1n) is 11.9. The number of fused-ring (bicyclic) bond motifs is 2. The first-order chi connectivity index (χ1) is 17.9. The molecule has 1 N–H and O–H groups in total. The van der Waals surface area contributed by atoms with Crippen LogP contribution in [0.2, 0.25) is 5.02 Å². The summed E-state index contributed by atoms with van der Waals surface area (Å²) in [6.45, 7) is 0.677. The average Bonchev–Trinajstić information content (AvgIpc) is 3.21. The van der Waals surface area contributed by atoms with E-state index in [1.165, 1.54) is 0 Å². The van der Waals surface area contributed by atoms with Crippen LogP contribution in [0, 0.1) is 0 Å². The molecule has 0 fully saturated rings. The molecule has 0 saturated heterocycles. The fourth-order valence-electron chi connectivity index (χ4n) is 4.39. The zero-order valence-corrected chi connectivity index (χ0v) is 21.4. The van der Waals surface area contributed by atoms with E-state index in [9.17, 15) is 9.59 Å². The largest absolute Gasteiger partial charge is 0.484 e. The van der Waals surface area contributed by atoms with Crippen molar-refractivity contribution in [2.24, 2.45) is 0 Å². The molecule has 7 nitrogen and oxygen atoms in total. The molecule has 0 saturated carbocycles. The van der Waals surface area contributed by atoms with E-state index in [2.05, 4.69) is 5.32 Å². The number of ether oxygens (including phenoxy) is 1. The van der Waals surface area contributed by atoms with Crippen molar-refractivity contribution in [2.75, 3.05) is 35.8 Å². The molecule has 2 amide bonds. The van der Waals surface area contributed by atoms with Gasteiger partial charge in [0, 0.05) is 41.9 Å². The fourth-order valence-corrected chi connectivity index (χ4v) is 4.52. The van der Waals surface area contributed by atoms with Crippen molar-refractivity contribution in [3.63, 3.8) is 0 Å². The van der Waals surface area contributed by atoms with Gasteiger partial charge in [-0.15, -0.1) is 0 Å². The molecule has 3 aromatic carbocycles. The first-order valence-corrected chi connectivity index (χ1v) is 12.3. The standard InChI is InChI=1S/C29H27ClN4O3/c1-32(2)23-8-5-7-22(16-23)31-29(36)27-15-12-24-18-34(26-9-4-3-6-20(26)17-33(24)27)28(35)19-37-25-13-10-21(30)11-14-25/h3-16H,17-19H2,1-2H3,(H,31,36). The van der Waals surface area contributed by atoms with Crippen LogP contribution >= 0.6 is 11.6 Å². The van der Waals surface area contributed by atoms with Crippen LogP contribution < -0.4 is 19.9 Å². The van der Waals surface area contributed by atoms with Crippen molar-refractivity contribution in [3.05, 3.63) is 107 Å². The molecule has 2 heterocycles. The lowest BCUT2D eigenvalue weighted by Gasteiger charge is -2.22. The number of nitrogens with one attached hydrogen (secondary N) is 1. The number of benzene rings is 3. The van der Waals surface area contributed by atoms with E-state index in [0.29, 0.717) is 29.6 Å². The van der Waals surface area contributed by atoms with Crippen molar-refractivity contribution >= 4 is 40.5 Å². The van der Waals surface area contributed by atoms with Crippen LogP contribution in [-0.2, 0) is 17.9 Å². The molecule has 0 spiro atoms. The summed E-state index contributed by atoms with van der Waals surface area (Å²) in [5.74, 6) is 0.190. The number of anilines is 3. The van der Waals surface area contributed by atoms with Crippen molar-refractivity contribution in [3.8, 4) is 5.75 Å². The quantitative estimate of drug-likeness (QED) is 0.372. The number of carbonyl (C=O) groups excluding carboxylic acids is 2. The smallest absolute Gasteiger partial charge is 0.272 e. The minimum Gasteiger partial charge on any atom is -0.484 e. The zero-order valence-electron chi connectivity index (χ0n) is 20.6. The molecule has 1 aliphatic heterocycles. The van der Waals surface area contributed by atoms with Gasteiger partial charge in [-0.25, -0.2) is 0 Å². The van der Waals surface area contributed by atoms with Gasteiger partial charge in [0.1, 0.15) is 11.4 Å². The van der Waals surface area contributed by atoms with Gasteiger partial charge in [-0.05, 0) is 66.2 Å². The molecule has 0 bridgehead atoms. The van der Waals surface area contributed by atoms with Gasteiger partial charge in [-0.2, -0.15) is 0 Å².